The van der Waals surface area contributed by atoms with Crippen LogP contribution in [0.2, 0.25) is 10.0 Å². The second-order valence-electron chi connectivity index (χ2n) is 7.65. The van der Waals surface area contributed by atoms with Gasteiger partial charge in [0.05, 0.1) is 5.56 Å². The van der Waals surface area contributed by atoms with Crippen molar-refractivity contribution < 1.29 is 23.9 Å². The van der Waals surface area contributed by atoms with E-state index < -0.39 is 23.9 Å². The Kier molecular flexibility index (Phi) is 8.68. The maximum Gasteiger partial charge on any atom is 0.333 e. The molecule has 0 heterocycles. The molecule has 0 aliphatic carbocycles. The van der Waals surface area contributed by atoms with Gasteiger partial charge in [0.25, 0.3) is 5.91 Å². The number of esters is 2. The number of carbonyl (C=O) groups excluding carboxylic acids is 3. The van der Waals surface area contributed by atoms with E-state index in [9.17, 15) is 14.4 Å². The first-order chi connectivity index (χ1) is 16.7. The molecule has 1 amide bonds. The summed E-state index contributed by atoms with van der Waals surface area (Å²) in [6.07, 6.45) is 0. The van der Waals surface area contributed by atoms with Crippen LogP contribution in [0.3, 0.4) is 0 Å². The summed E-state index contributed by atoms with van der Waals surface area (Å²) in [6.45, 7) is 4.41. The lowest BCUT2D eigenvalue weighted by Crippen LogP contribution is -2.39. The molecule has 3 aromatic carbocycles. The molecule has 0 bridgehead atoms. The van der Waals surface area contributed by atoms with Crippen molar-refractivity contribution in [1.82, 2.24) is 5.32 Å². The Balaban J connectivity index is 1.83. The molecule has 6 nitrogen and oxygen atoms in total. The largest absolute Gasteiger partial charge is 0.429 e. The van der Waals surface area contributed by atoms with Crippen LogP contribution in [0.25, 0.3) is 5.57 Å². The van der Waals surface area contributed by atoms with Crippen molar-refractivity contribution >= 4 is 46.6 Å². The molecule has 0 aliphatic rings. The summed E-state index contributed by atoms with van der Waals surface area (Å²) in [4.78, 5) is 36.9. The number of hydrogen-bond acceptors (Lipinski definition) is 5. The van der Waals surface area contributed by atoms with Gasteiger partial charge < -0.3 is 14.8 Å². The van der Waals surface area contributed by atoms with E-state index >= 15 is 0 Å². The van der Waals surface area contributed by atoms with Crippen LogP contribution in [0, 0.1) is 0 Å². The molecule has 180 valence electrons. The number of ether oxygens (including phenoxy) is 2. The molecule has 3 aromatic rings. The Hall–Kier alpha value is -3.61. The fourth-order valence-electron chi connectivity index (χ4n) is 3.33. The van der Waals surface area contributed by atoms with Gasteiger partial charge >= 0.3 is 11.9 Å². The van der Waals surface area contributed by atoms with Gasteiger partial charge in [-0.3, -0.25) is 9.59 Å². The van der Waals surface area contributed by atoms with Crippen LogP contribution in [-0.4, -0.2) is 23.9 Å². The molecular formula is C27H23Cl2NO5. The Labute approximate surface area is 213 Å². The zero-order valence-electron chi connectivity index (χ0n) is 19.3. The summed E-state index contributed by atoms with van der Waals surface area (Å²) in [7, 11) is 0. The van der Waals surface area contributed by atoms with E-state index in [2.05, 4.69) is 5.32 Å². The monoisotopic (exact) mass is 511 g/mol. The number of carbonyl (C=O) groups is 3. The van der Waals surface area contributed by atoms with Crippen molar-refractivity contribution in [3.05, 3.63) is 105 Å². The average Bonchev–Trinajstić information content (AvgIpc) is 2.81. The van der Waals surface area contributed by atoms with E-state index in [0.717, 1.165) is 11.1 Å². The zero-order chi connectivity index (χ0) is 25.5. The zero-order valence-corrected chi connectivity index (χ0v) is 20.8. The van der Waals surface area contributed by atoms with E-state index in [1.165, 1.54) is 26.0 Å². The van der Waals surface area contributed by atoms with Crippen LogP contribution in [0.4, 0.5) is 0 Å². The predicted octanol–water partition coefficient (Wildman–Crippen LogP) is 6.06. The van der Waals surface area contributed by atoms with Crippen molar-refractivity contribution in [2.24, 2.45) is 0 Å². The third-order valence-corrected chi connectivity index (χ3v) is 5.46. The number of allylic oxidation sites excluding steroid dienone is 1. The summed E-state index contributed by atoms with van der Waals surface area (Å²) < 4.78 is 10.7. The second-order valence-corrected chi connectivity index (χ2v) is 8.52. The Morgan fingerprint density at radius 1 is 0.800 bits per heavy atom. The molecule has 35 heavy (non-hydrogen) atoms. The van der Waals surface area contributed by atoms with Gasteiger partial charge in [-0.2, -0.15) is 0 Å². The first-order valence-electron chi connectivity index (χ1n) is 10.7. The third kappa shape index (κ3) is 6.94. The summed E-state index contributed by atoms with van der Waals surface area (Å²) in [5, 5.41) is 3.73. The number of para-hydroxylation sites is 1. The quantitative estimate of drug-likeness (QED) is 0.237. The molecule has 0 unspecified atom stereocenters. The first kappa shape index (κ1) is 26.0. The highest BCUT2D eigenvalue weighted by molar-refractivity contribution is 6.31. The predicted molar refractivity (Wildman–Crippen MR) is 135 cm³/mol. The molecular weight excluding hydrogens is 489 g/mol. The normalized spacial score (nSPS) is 11.2. The summed E-state index contributed by atoms with van der Waals surface area (Å²) in [6, 6.07) is 19.5. The Morgan fingerprint density at radius 2 is 1.31 bits per heavy atom. The molecule has 0 saturated carbocycles. The van der Waals surface area contributed by atoms with Gasteiger partial charge in [0.1, 0.15) is 17.6 Å². The molecule has 0 radical (unpaired) electrons. The lowest BCUT2D eigenvalue weighted by atomic mass is 9.97. The van der Waals surface area contributed by atoms with Gasteiger partial charge in [-0.25, -0.2) is 4.79 Å². The second kappa shape index (κ2) is 11.7. The number of halogens is 2. The summed E-state index contributed by atoms with van der Waals surface area (Å²) in [5.41, 5.74) is 2.37. The van der Waals surface area contributed by atoms with Gasteiger partial charge in [-0.05, 0) is 61.4 Å². The minimum Gasteiger partial charge on any atom is -0.429 e. The average molecular weight is 512 g/mol. The van der Waals surface area contributed by atoms with Gasteiger partial charge in [0.15, 0.2) is 0 Å². The molecule has 8 heteroatoms. The number of hydrogen-bond donors (Lipinski definition) is 1. The number of rotatable bonds is 7. The minimum atomic E-state index is -0.987. The van der Waals surface area contributed by atoms with E-state index in [4.69, 9.17) is 32.7 Å². The lowest BCUT2D eigenvalue weighted by molar-refractivity contribution is -0.141. The van der Waals surface area contributed by atoms with Crippen molar-refractivity contribution in [3.8, 4) is 5.75 Å². The number of benzene rings is 3. The van der Waals surface area contributed by atoms with E-state index in [0.29, 0.717) is 21.4 Å². The third-order valence-electron chi connectivity index (χ3n) is 4.96. The molecule has 1 atom stereocenters. The summed E-state index contributed by atoms with van der Waals surface area (Å²) >= 11 is 12.1. The number of amides is 1. The fourth-order valence-corrected chi connectivity index (χ4v) is 3.58. The Morgan fingerprint density at radius 3 is 1.83 bits per heavy atom. The smallest absolute Gasteiger partial charge is 0.333 e. The van der Waals surface area contributed by atoms with Crippen LogP contribution >= 0.6 is 23.2 Å². The molecule has 3 rings (SSSR count). The molecule has 0 aliphatic heterocycles. The van der Waals surface area contributed by atoms with Crippen LogP contribution in [-0.2, 0) is 14.3 Å². The molecule has 0 aromatic heterocycles. The highest BCUT2D eigenvalue weighted by Crippen LogP contribution is 2.29. The Bertz CT molecular complexity index is 1220. The van der Waals surface area contributed by atoms with Crippen molar-refractivity contribution in [2.75, 3.05) is 0 Å². The topological polar surface area (TPSA) is 81.7 Å². The SMILES string of the molecule is CC(=O)Oc1ccccc1C(=O)N[C@@H](C)C(=O)OC(C)=C(c1ccc(Cl)cc1)c1ccc(Cl)cc1. The van der Waals surface area contributed by atoms with Crippen LogP contribution in [0.15, 0.2) is 78.6 Å². The molecule has 0 fully saturated rings. The lowest BCUT2D eigenvalue weighted by Gasteiger charge is -2.17. The highest BCUT2D eigenvalue weighted by atomic mass is 35.5. The van der Waals surface area contributed by atoms with E-state index in [-0.39, 0.29) is 11.3 Å². The standard InChI is InChI=1S/C27H23Cl2NO5/c1-16(30-26(32)23-6-4-5-7-24(23)35-18(3)31)27(33)34-17(2)25(19-8-12-21(28)13-9-19)20-10-14-22(29)15-11-20/h4-16H,1-3H3,(H,30,32)/t16-/m0/s1. The van der Waals surface area contributed by atoms with Crippen LogP contribution in [0.1, 0.15) is 42.3 Å². The van der Waals surface area contributed by atoms with E-state index in [1.807, 2.05) is 24.3 Å². The van der Waals surface area contributed by atoms with Gasteiger partial charge in [-0.1, -0.05) is 59.6 Å². The number of nitrogens with one attached hydrogen (secondary N) is 1. The highest BCUT2D eigenvalue weighted by Gasteiger charge is 2.22. The fraction of sp³-hybridized carbons (Fsp3) is 0.148. The van der Waals surface area contributed by atoms with Gasteiger partial charge in [0.2, 0.25) is 0 Å². The molecule has 0 saturated heterocycles. The maximum absolute atomic E-state index is 12.9. The van der Waals surface area contributed by atoms with E-state index in [1.54, 1.807) is 43.3 Å². The van der Waals surface area contributed by atoms with Crippen molar-refractivity contribution in [2.45, 2.75) is 26.8 Å². The molecule has 1 N–H and O–H groups in total. The van der Waals surface area contributed by atoms with Crippen molar-refractivity contribution in [1.29, 1.82) is 0 Å². The van der Waals surface area contributed by atoms with Gasteiger partial charge in [0, 0.05) is 22.5 Å². The maximum atomic E-state index is 12.9. The summed E-state index contributed by atoms with van der Waals surface area (Å²) in [5.74, 6) is -1.37. The molecule has 0 spiro atoms. The van der Waals surface area contributed by atoms with Crippen LogP contribution < -0.4 is 10.1 Å². The van der Waals surface area contributed by atoms with Crippen LogP contribution in [0.5, 0.6) is 5.75 Å². The van der Waals surface area contributed by atoms with Crippen molar-refractivity contribution in [3.63, 3.8) is 0 Å². The van der Waals surface area contributed by atoms with Gasteiger partial charge in [-0.15, -0.1) is 0 Å². The first-order valence-corrected chi connectivity index (χ1v) is 11.4. The minimum absolute atomic E-state index is 0.0990.